The zero-order valence-electron chi connectivity index (χ0n) is 17.3. The number of aryl methyl sites for hydroxylation is 3. The average molecular weight is 407 g/mol. The summed E-state index contributed by atoms with van der Waals surface area (Å²) in [5.74, 6) is -0.491. The summed E-state index contributed by atoms with van der Waals surface area (Å²) in [6, 6.07) is 12.8. The van der Waals surface area contributed by atoms with E-state index in [1.807, 2.05) is 39.0 Å². The van der Waals surface area contributed by atoms with Crippen LogP contribution in [0.3, 0.4) is 0 Å². The third-order valence-electron chi connectivity index (χ3n) is 5.00. The number of nitrogens with zero attached hydrogens (tertiary/aromatic N) is 1. The highest BCUT2D eigenvalue weighted by Gasteiger charge is 2.13. The summed E-state index contributed by atoms with van der Waals surface area (Å²) in [5.41, 5.74) is 3.66. The summed E-state index contributed by atoms with van der Waals surface area (Å²) in [6.07, 6.45) is 0.237. The Kier molecular flexibility index (Phi) is 6.61. The van der Waals surface area contributed by atoms with Crippen LogP contribution in [-0.4, -0.2) is 28.5 Å². The molecule has 7 heteroatoms. The fraction of sp³-hybridized carbons (Fsp3) is 0.304. The Hall–Kier alpha value is -3.48. The zero-order chi connectivity index (χ0) is 21.7. The monoisotopic (exact) mass is 407 g/mol. The van der Waals surface area contributed by atoms with Crippen LogP contribution < -0.4 is 10.9 Å². The molecule has 0 fully saturated rings. The number of para-hydroxylation sites is 1. The first-order valence-corrected chi connectivity index (χ1v) is 9.83. The van der Waals surface area contributed by atoms with Crippen molar-refractivity contribution in [3.8, 4) is 0 Å². The fourth-order valence-corrected chi connectivity index (χ4v) is 3.09. The second kappa shape index (κ2) is 9.35. The van der Waals surface area contributed by atoms with Gasteiger partial charge in [-0.1, -0.05) is 30.3 Å². The van der Waals surface area contributed by atoms with Crippen LogP contribution in [0.4, 0.5) is 0 Å². The predicted molar refractivity (Wildman–Crippen MR) is 114 cm³/mol. The molecule has 7 nitrogen and oxygen atoms in total. The lowest BCUT2D eigenvalue weighted by atomic mass is 10.0. The van der Waals surface area contributed by atoms with Crippen LogP contribution in [-0.2, 0) is 20.7 Å². The van der Waals surface area contributed by atoms with Crippen molar-refractivity contribution in [2.45, 2.75) is 39.7 Å². The van der Waals surface area contributed by atoms with E-state index in [2.05, 4.69) is 15.3 Å². The van der Waals surface area contributed by atoms with Gasteiger partial charge in [-0.15, -0.1) is 0 Å². The van der Waals surface area contributed by atoms with Gasteiger partial charge in [0, 0.05) is 6.42 Å². The topological polar surface area (TPSA) is 101 Å². The van der Waals surface area contributed by atoms with Gasteiger partial charge in [0.25, 0.3) is 11.5 Å². The molecule has 1 aromatic heterocycles. The van der Waals surface area contributed by atoms with Crippen LogP contribution in [0.1, 0.15) is 41.9 Å². The molecule has 0 aliphatic carbocycles. The molecular formula is C23H25N3O4. The van der Waals surface area contributed by atoms with Gasteiger partial charge in [0.2, 0.25) is 0 Å². The molecular weight excluding hydrogens is 382 g/mol. The minimum Gasteiger partial charge on any atom is -0.456 e. The van der Waals surface area contributed by atoms with Crippen molar-refractivity contribution in [3.63, 3.8) is 0 Å². The van der Waals surface area contributed by atoms with Crippen LogP contribution in [0, 0.1) is 13.8 Å². The van der Waals surface area contributed by atoms with Gasteiger partial charge in [-0.25, -0.2) is 4.98 Å². The van der Waals surface area contributed by atoms with Crippen LogP contribution >= 0.6 is 0 Å². The van der Waals surface area contributed by atoms with E-state index in [0.717, 1.165) is 11.1 Å². The van der Waals surface area contributed by atoms with Crippen molar-refractivity contribution in [2.24, 2.45) is 0 Å². The zero-order valence-corrected chi connectivity index (χ0v) is 17.3. The normalized spacial score (nSPS) is 11.8. The van der Waals surface area contributed by atoms with E-state index in [0.29, 0.717) is 16.7 Å². The summed E-state index contributed by atoms with van der Waals surface area (Å²) < 4.78 is 5.05. The number of carbonyl (C=O) groups excluding carboxylic acids is 2. The number of esters is 1. The molecule has 0 spiro atoms. The van der Waals surface area contributed by atoms with E-state index in [1.165, 1.54) is 5.56 Å². The average Bonchev–Trinajstić information content (AvgIpc) is 2.72. The maximum atomic E-state index is 12.1. The van der Waals surface area contributed by atoms with Crippen molar-refractivity contribution in [1.29, 1.82) is 0 Å². The fourth-order valence-electron chi connectivity index (χ4n) is 3.09. The van der Waals surface area contributed by atoms with Crippen LogP contribution in [0.2, 0.25) is 0 Å². The summed E-state index contributed by atoms with van der Waals surface area (Å²) in [7, 11) is 0. The van der Waals surface area contributed by atoms with E-state index >= 15 is 0 Å². The molecule has 0 radical (unpaired) electrons. The minimum absolute atomic E-state index is 0.0151. The highest BCUT2D eigenvalue weighted by atomic mass is 16.5. The molecule has 3 aromatic rings. The molecule has 0 aliphatic rings. The molecule has 2 N–H and O–H groups in total. The maximum absolute atomic E-state index is 12.1. The number of aromatic nitrogens is 2. The lowest BCUT2D eigenvalue weighted by molar-refractivity contribution is -0.148. The smallest absolute Gasteiger partial charge is 0.306 e. The highest BCUT2D eigenvalue weighted by Crippen LogP contribution is 2.16. The van der Waals surface area contributed by atoms with Gasteiger partial charge in [-0.3, -0.25) is 14.4 Å². The van der Waals surface area contributed by atoms with E-state index in [-0.39, 0.29) is 37.0 Å². The van der Waals surface area contributed by atoms with Gasteiger partial charge in [0.15, 0.2) is 6.61 Å². The molecule has 0 bridgehead atoms. The van der Waals surface area contributed by atoms with Gasteiger partial charge in [0.05, 0.1) is 23.4 Å². The first-order valence-electron chi connectivity index (χ1n) is 9.83. The molecule has 1 amide bonds. The molecule has 30 heavy (non-hydrogen) atoms. The van der Waals surface area contributed by atoms with Gasteiger partial charge in [0.1, 0.15) is 5.82 Å². The number of rotatable bonds is 7. The summed E-state index contributed by atoms with van der Waals surface area (Å²) >= 11 is 0. The second-order valence-electron chi connectivity index (χ2n) is 7.32. The van der Waals surface area contributed by atoms with Crippen LogP contribution in [0.5, 0.6) is 0 Å². The first kappa shape index (κ1) is 21.2. The van der Waals surface area contributed by atoms with Crippen molar-refractivity contribution in [3.05, 3.63) is 75.3 Å². The van der Waals surface area contributed by atoms with E-state index in [1.54, 1.807) is 24.3 Å². The summed E-state index contributed by atoms with van der Waals surface area (Å²) in [4.78, 5) is 43.2. The minimum atomic E-state index is -0.528. The molecule has 0 aliphatic heterocycles. The van der Waals surface area contributed by atoms with E-state index in [4.69, 9.17) is 4.74 Å². The molecule has 3 rings (SSSR count). The number of hydrogen-bond acceptors (Lipinski definition) is 5. The number of amides is 1. The van der Waals surface area contributed by atoms with Gasteiger partial charge in [-0.2, -0.15) is 0 Å². The Bertz CT molecular complexity index is 1140. The summed E-state index contributed by atoms with van der Waals surface area (Å²) in [6.45, 7) is 5.58. The van der Waals surface area contributed by atoms with Crippen molar-refractivity contribution in [2.75, 3.05) is 6.61 Å². The number of nitrogens with one attached hydrogen (secondary N) is 2. The number of ether oxygens (including phenoxy) is 1. The first-order chi connectivity index (χ1) is 14.3. The summed E-state index contributed by atoms with van der Waals surface area (Å²) in [5, 5.41) is 3.32. The van der Waals surface area contributed by atoms with Crippen LogP contribution in [0.25, 0.3) is 10.9 Å². The number of fused-ring (bicyclic) bond motifs is 1. The number of hydrogen-bond donors (Lipinski definition) is 2. The molecule has 2 aromatic carbocycles. The molecule has 156 valence electrons. The largest absolute Gasteiger partial charge is 0.456 e. The lowest BCUT2D eigenvalue weighted by Gasteiger charge is -2.15. The van der Waals surface area contributed by atoms with Gasteiger partial charge in [-0.05, 0) is 49.6 Å². The molecule has 0 saturated heterocycles. The Morgan fingerprint density at radius 3 is 2.67 bits per heavy atom. The Labute approximate surface area is 174 Å². The Balaban J connectivity index is 1.48. The molecule has 1 atom stereocenters. The third kappa shape index (κ3) is 5.31. The number of carbonyl (C=O) groups is 2. The Morgan fingerprint density at radius 2 is 1.90 bits per heavy atom. The van der Waals surface area contributed by atoms with Gasteiger partial charge < -0.3 is 15.0 Å². The van der Waals surface area contributed by atoms with E-state index < -0.39 is 5.97 Å². The standard InChI is InChI=1S/C23H25N3O4/c1-14-8-9-17(12-15(14)2)16(3)24-21(27)13-30-22(28)11-10-20-25-19-7-5-4-6-18(19)23(29)26-20/h4-9,12,16H,10-11,13H2,1-3H3,(H,24,27)(H,25,26,29)/t16-/m1/s1. The quantitative estimate of drug-likeness (QED) is 0.587. The highest BCUT2D eigenvalue weighted by molar-refractivity contribution is 5.81. The van der Waals surface area contributed by atoms with E-state index in [9.17, 15) is 14.4 Å². The Morgan fingerprint density at radius 1 is 1.13 bits per heavy atom. The maximum Gasteiger partial charge on any atom is 0.306 e. The number of benzene rings is 2. The number of H-pyrrole nitrogens is 1. The van der Waals surface area contributed by atoms with Crippen molar-refractivity contribution in [1.82, 2.24) is 15.3 Å². The van der Waals surface area contributed by atoms with Crippen molar-refractivity contribution < 1.29 is 14.3 Å². The molecule has 0 saturated carbocycles. The molecule has 0 unspecified atom stereocenters. The van der Waals surface area contributed by atoms with Crippen LogP contribution in [0.15, 0.2) is 47.3 Å². The molecule has 1 heterocycles. The number of aromatic amines is 1. The van der Waals surface area contributed by atoms with Crippen molar-refractivity contribution >= 4 is 22.8 Å². The predicted octanol–water partition coefficient (Wildman–Crippen LogP) is 2.89. The third-order valence-corrected chi connectivity index (χ3v) is 5.00. The SMILES string of the molecule is Cc1ccc([C@@H](C)NC(=O)COC(=O)CCc2nc3ccccc3c(=O)[nH]2)cc1C. The lowest BCUT2D eigenvalue weighted by Crippen LogP contribution is -2.31. The second-order valence-corrected chi connectivity index (χ2v) is 7.32. The van der Waals surface area contributed by atoms with Gasteiger partial charge >= 0.3 is 5.97 Å².